The second-order valence-electron chi connectivity index (χ2n) is 7.25. The summed E-state index contributed by atoms with van der Waals surface area (Å²) in [4.78, 5) is 35.6. The molecule has 0 saturated heterocycles. The number of amides is 2. The average Bonchev–Trinajstić information content (AvgIpc) is 3.55. The van der Waals surface area contributed by atoms with Crippen LogP contribution in [-0.4, -0.2) is 42.4 Å². The standard InChI is InChI=1S/C22H22N8O2S/c1-3-16-8-9-17(33-16)11-23-21(31)18-10-19(25-12-24-18)22(32)26-13(2)14-4-6-15(7-5-14)20-27-29-30-28-20/h4-10,12-13H,3,11H2,1-2H3,(H,23,31)(H,26,32)(H,27,28,29,30)/t13-/m0/s1. The molecule has 0 fully saturated rings. The number of hydrogen-bond acceptors (Lipinski definition) is 8. The Bertz CT molecular complexity index is 1240. The van der Waals surface area contributed by atoms with Crippen molar-refractivity contribution in [2.24, 2.45) is 0 Å². The lowest BCUT2D eigenvalue weighted by atomic mass is 10.1. The molecule has 0 saturated carbocycles. The molecule has 0 aliphatic rings. The zero-order chi connectivity index (χ0) is 23.2. The van der Waals surface area contributed by atoms with Gasteiger partial charge in [0, 0.05) is 21.4 Å². The number of rotatable bonds is 8. The molecule has 3 N–H and O–H groups in total. The molecule has 3 aromatic heterocycles. The van der Waals surface area contributed by atoms with Gasteiger partial charge in [0.2, 0.25) is 5.82 Å². The third-order valence-corrected chi connectivity index (χ3v) is 6.21. The number of carbonyl (C=O) groups is 2. The van der Waals surface area contributed by atoms with E-state index in [1.807, 2.05) is 37.3 Å². The largest absolute Gasteiger partial charge is 0.346 e. The van der Waals surface area contributed by atoms with Gasteiger partial charge in [-0.3, -0.25) is 9.59 Å². The van der Waals surface area contributed by atoms with Crippen molar-refractivity contribution < 1.29 is 9.59 Å². The van der Waals surface area contributed by atoms with Crippen LogP contribution in [0.3, 0.4) is 0 Å². The number of hydrogen-bond donors (Lipinski definition) is 3. The van der Waals surface area contributed by atoms with Crippen LogP contribution in [0.1, 0.15) is 56.2 Å². The first-order valence-corrected chi connectivity index (χ1v) is 11.2. The number of tetrazole rings is 1. The van der Waals surface area contributed by atoms with Crippen molar-refractivity contribution >= 4 is 23.2 Å². The fourth-order valence-electron chi connectivity index (χ4n) is 3.13. The lowest BCUT2D eigenvalue weighted by molar-refractivity contribution is 0.0934. The highest BCUT2D eigenvalue weighted by Crippen LogP contribution is 2.19. The van der Waals surface area contributed by atoms with Crippen LogP contribution in [0.2, 0.25) is 0 Å². The third kappa shape index (κ3) is 5.44. The molecule has 2 amide bonds. The minimum Gasteiger partial charge on any atom is -0.346 e. The Morgan fingerprint density at radius 3 is 2.42 bits per heavy atom. The number of aromatic amines is 1. The predicted octanol–water partition coefficient (Wildman–Crippen LogP) is 2.70. The lowest BCUT2D eigenvalue weighted by Crippen LogP contribution is -2.29. The van der Waals surface area contributed by atoms with Crippen molar-refractivity contribution in [1.82, 2.24) is 41.2 Å². The van der Waals surface area contributed by atoms with Gasteiger partial charge in [-0.1, -0.05) is 31.2 Å². The van der Waals surface area contributed by atoms with Crippen LogP contribution in [0, 0.1) is 0 Å². The topological polar surface area (TPSA) is 138 Å². The molecule has 1 aromatic carbocycles. The molecule has 10 nitrogen and oxygen atoms in total. The molecule has 0 bridgehead atoms. The molecule has 3 heterocycles. The molecule has 168 valence electrons. The van der Waals surface area contributed by atoms with Gasteiger partial charge in [-0.05, 0) is 36.3 Å². The van der Waals surface area contributed by atoms with Crippen LogP contribution in [0.25, 0.3) is 11.4 Å². The zero-order valence-corrected chi connectivity index (χ0v) is 18.9. The van der Waals surface area contributed by atoms with Crippen LogP contribution in [0.5, 0.6) is 0 Å². The predicted molar refractivity (Wildman–Crippen MR) is 122 cm³/mol. The summed E-state index contributed by atoms with van der Waals surface area (Å²) in [7, 11) is 0. The number of aryl methyl sites for hydroxylation is 1. The van der Waals surface area contributed by atoms with Crippen LogP contribution in [-0.2, 0) is 13.0 Å². The fourth-order valence-corrected chi connectivity index (χ4v) is 4.03. The van der Waals surface area contributed by atoms with Crippen molar-refractivity contribution in [2.75, 3.05) is 0 Å². The summed E-state index contributed by atoms with van der Waals surface area (Å²) in [5, 5.41) is 19.6. The lowest BCUT2D eigenvalue weighted by Gasteiger charge is -2.14. The molecule has 0 aliphatic heterocycles. The van der Waals surface area contributed by atoms with E-state index < -0.39 is 5.91 Å². The van der Waals surface area contributed by atoms with Crippen LogP contribution >= 0.6 is 11.3 Å². The molecular formula is C22H22N8O2S. The minimum absolute atomic E-state index is 0.120. The molecule has 0 aliphatic carbocycles. The Hall–Kier alpha value is -3.99. The summed E-state index contributed by atoms with van der Waals surface area (Å²) in [5.74, 6) is -0.259. The van der Waals surface area contributed by atoms with E-state index in [-0.39, 0.29) is 23.3 Å². The summed E-state index contributed by atoms with van der Waals surface area (Å²) in [6, 6.07) is 12.6. The van der Waals surface area contributed by atoms with Gasteiger partial charge >= 0.3 is 0 Å². The summed E-state index contributed by atoms with van der Waals surface area (Å²) < 4.78 is 0. The Morgan fingerprint density at radius 2 is 1.76 bits per heavy atom. The first-order valence-electron chi connectivity index (χ1n) is 10.4. The van der Waals surface area contributed by atoms with Gasteiger partial charge < -0.3 is 10.6 Å². The van der Waals surface area contributed by atoms with E-state index in [0.717, 1.165) is 22.4 Å². The number of nitrogens with one attached hydrogen (secondary N) is 3. The number of nitrogens with zero attached hydrogens (tertiary/aromatic N) is 5. The minimum atomic E-state index is -0.396. The molecule has 11 heteroatoms. The summed E-state index contributed by atoms with van der Waals surface area (Å²) in [6.45, 7) is 4.36. The van der Waals surface area contributed by atoms with Crippen LogP contribution < -0.4 is 10.6 Å². The van der Waals surface area contributed by atoms with Crippen molar-refractivity contribution in [3.05, 3.63) is 75.5 Å². The first kappa shape index (κ1) is 22.2. The molecule has 0 spiro atoms. The van der Waals surface area contributed by atoms with E-state index >= 15 is 0 Å². The van der Waals surface area contributed by atoms with E-state index in [0.29, 0.717) is 12.4 Å². The van der Waals surface area contributed by atoms with E-state index in [9.17, 15) is 9.59 Å². The Labute approximate surface area is 193 Å². The van der Waals surface area contributed by atoms with Gasteiger partial charge in [0.05, 0.1) is 12.6 Å². The Kier molecular flexibility index (Phi) is 6.79. The van der Waals surface area contributed by atoms with Crippen molar-refractivity contribution in [1.29, 1.82) is 0 Å². The number of carbonyl (C=O) groups excluding carboxylic acids is 2. The fraction of sp³-hybridized carbons (Fsp3) is 0.227. The van der Waals surface area contributed by atoms with E-state index in [1.54, 1.807) is 11.3 Å². The number of aromatic nitrogens is 6. The van der Waals surface area contributed by atoms with Gasteiger partial charge in [-0.15, -0.1) is 21.5 Å². The first-order chi connectivity index (χ1) is 16.0. The normalized spacial score (nSPS) is 11.7. The maximum atomic E-state index is 12.7. The summed E-state index contributed by atoms with van der Waals surface area (Å²) in [5.41, 5.74) is 1.96. The maximum absolute atomic E-state index is 12.7. The SMILES string of the molecule is CCc1ccc(CNC(=O)c2cc(C(=O)N[C@@H](C)c3ccc(-c4nn[nH]n4)cc3)ncn2)s1. The molecule has 4 rings (SSSR count). The van der Waals surface area contributed by atoms with Gasteiger partial charge in [0.15, 0.2) is 0 Å². The van der Waals surface area contributed by atoms with Gasteiger partial charge in [0.25, 0.3) is 11.8 Å². The summed E-state index contributed by atoms with van der Waals surface area (Å²) in [6.07, 6.45) is 2.18. The maximum Gasteiger partial charge on any atom is 0.270 e. The quantitative estimate of drug-likeness (QED) is 0.366. The van der Waals surface area contributed by atoms with Crippen molar-refractivity contribution in [2.45, 2.75) is 32.9 Å². The monoisotopic (exact) mass is 462 g/mol. The summed E-state index contributed by atoms with van der Waals surface area (Å²) >= 11 is 1.66. The molecule has 33 heavy (non-hydrogen) atoms. The van der Waals surface area contributed by atoms with E-state index in [2.05, 4.69) is 54.2 Å². The molecular weight excluding hydrogens is 440 g/mol. The average molecular weight is 463 g/mol. The highest BCUT2D eigenvalue weighted by atomic mass is 32.1. The third-order valence-electron chi connectivity index (χ3n) is 4.98. The van der Waals surface area contributed by atoms with Crippen molar-refractivity contribution in [3.63, 3.8) is 0 Å². The number of benzene rings is 1. The second-order valence-corrected chi connectivity index (χ2v) is 8.50. The Morgan fingerprint density at radius 1 is 1.03 bits per heavy atom. The number of thiophene rings is 1. The van der Waals surface area contributed by atoms with Crippen LogP contribution in [0.4, 0.5) is 0 Å². The molecule has 1 atom stereocenters. The van der Waals surface area contributed by atoms with Crippen LogP contribution in [0.15, 0.2) is 48.8 Å². The van der Waals surface area contributed by atoms with E-state index in [4.69, 9.17) is 0 Å². The van der Waals surface area contributed by atoms with Gasteiger partial charge in [-0.25, -0.2) is 9.97 Å². The molecule has 0 radical (unpaired) electrons. The van der Waals surface area contributed by atoms with E-state index in [1.165, 1.54) is 17.3 Å². The molecule has 0 unspecified atom stereocenters. The van der Waals surface area contributed by atoms with Gasteiger partial charge in [-0.2, -0.15) is 5.21 Å². The number of H-pyrrole nitrogens is 1. The van der Waals surface area contributed by atoms with Gasteiger partial charge in [0.1, 0.15) is 17.7 Å². The highest BCUT2D eigenvalue weighted by molar-refractivity contribution is 7.11. The van der Waals surface area contributed by atoms with Crippen molar-refractivity contribution in [3.8, 4) is 11.4 Å². The zero-order valence-electron chi connectivity index (χ0n) is 18.1. The Balaban J connectivity index is 1.37. The smallest absolute Gasteiger partial charge is 0.270 e. The molecule has 4 aromatic rings. The highest BCUT2D eigenvalue weighted by Gasteiger charge is 2.16. The second kappa shape index (κ2) is 10.1.